The molecule has 29 heavy (non-hydrogen) atoms. The number of carbonyl (C=O) groups excluding carboxylic acids is 1. The minimum Gasteiger partial charge on any atom is -0.493 e. The van der Waals surface area contributed by atoms with Crippen molar-refractivity contribution in [3.05, 3.63) is 59.6 Å². The van der Waals surface area contributed by atoms with Crippen LogP contribution < -0.4 is 19.7 Å². The second-order valence-corrected chi connectivity index (χ2v) is 7.33. The highest BCUT2D eigenvalue weighted by molar-refractivity contribution is 7.13. The van der Waals surface area contributed by atoms with E-state index in [1.165, 1.54) is 11.3 Å². The molecule has 0 aliphatic carbocycles. The van der Waals surface area contributed by atoms with Crippen molar-refractivity contribution < 1.29 is 14.3 Å². The van der Waals surface area contributed by atoms with Gasteiger partial charge in [0.1, 0.15) is 10.7 Å². The molecule has 1 aromatic heterocycles. The number of thiazole rings is 1. The number of para-hydroxylation sites is 1. The number of amides is 1. The van der Waals surface area contributed by atoms with Crippen molar-refractivity contribution >= 4 is 22.9 Å². The number of hydrogen-bond donors (Lipinski definition) is 1. The summed E-state index contributed by atoms with van der Waals surface area (Å²) < 4.78 is 10.6. The molecule has 7 heteroatoms. The summed E-state index contributed by atoms with van der Waals surface area (Å²) in [4.78, 5) is 19.0. The summed E-state index contributed by atoms with van der Waals surface area (Å²) in [6, 6.07) is 15.8. The van der Waals surface area contributed by atoms with E-state index in [0.29, 0.717) is 23.7 Å². The molecule has 0 saturated heterocycles. The van der Waals surface area contributed by atoms with Crippen LogP contribution in [-0.2, 0) is 0 Å². The highest BCUT2D eigenvalue weighted by Crippen LogP contribution is 2.33. The summed E-state index contributed by atoms with van der Waals surface area (Å²) in [5.41, 5.74) is 2.48. The zero-order valence-corrected chi connectivity index (χ0v) is 17.7. The number of hydrogen-bond acceptors (Lipinski definition) is 6. The molecule has 0 fully saturated rings. The minimum atomic E-state index is -0.157. The van der Waals surface area contributed by atoms with Crippen LogP contribution >= 0.6 is 11.3 Å². The predicted octanol–water partition coefficient (Wildman–Crippen LogP) is 4.08. The molecule has 3 rings (SSSR count). The van der Waals surface area contributed by atoms with Crippen LogP contribution in [0.4, 0.5) is 5.69 Å². The Bertz CT molecular complexity index is 943. The van der Waals surface area contributed by atoms with Gasteiger partial charge in [-0.25, -0.2) is 4.98 Å². The average molecular weight is 412 g/mol. The molecule has 0 unspecified atom stereocenters. The molecule has 0 atom stereocenters. The van der Waals surface area contributed by atoms with Crippen molar-refractivity contribution in [2.24, 2.45) is 0 Å². The summed E-state index contributed by atoms with van der Waals surface area (Å²) in [6.07, 6.45) is 0.851. The third kappa shape index (κ3) is 5.26. The molecule has 2 aromatic carbocycles. The number of benzene rings is 2. The van der Waals surface area contributed by atoms with Crippen LogP contribution in [0.25, 0.3) is 10.6 Å². The topological polar surface area (TPSA) is 63.7 Å². The van der Waals surface area contributed by atoms with E-state index in [1.807, 2.05) is 43.4 Å². The Kier molecular flexibility index (Phi) is 7.08. The number of anilines is 1. The van der Waals surface area contributed by atoms with Gasteiger partial charge in [0.05, 0.1) is 14.2 Å². The molecule has 1 heterocycles. The molecule has 0 radical (unpaired) electrons. The zero-order chi connectivity index (χ0) is 20.6. The van der Waals surface area contributed by atoms with Crippen LogP contribution in [0.5, 0.6) is 11.5 Å². The third-order valence-corrected chi connectivity index (χ3v) is 5.41. The van der Waals surface area contributed by atoms with E-state index in [-0.39, 0.29) is 5.91 Å². The Labute approximate surface area is 175 Å². The summed E-state index contributed by atoms with van der Waals surface area (Å²) in [5, 5.41) is 5.48. The van der Waals surface area contributed by atoms with E-state index in [1.54, 1.807) is 19.6 Å². The molecular weight excluding hydrogens is 386 g/mol. The first-order valence-electron chi connectivity index (χ1n) is 9.34. The second kappa shape index (κ2) is 9.93. The maximum absolute atomic E-state index is 12.4. The fourth-order valence-electron chi connectivity index (χ4n) is 2.90. The fourth-order valence-corrected chi connectivity index (χ4v) is 3.70. The van der Waals surface area contributed by atoms with Crippen LogP contribution in [-0.4, -0.2) is 45.2 Å². The van der Waals surface area contributed by atoms with Crippen LogP contribution in [0.3, 0.4) is 0 Å². The van der Waals surface area contributed by atoms with E-state index < -0.39 is 0 Å². The number of methoxy groups -OCH3 is 2. The van der Waals surface area contributed by atoms with Gasteiger partial charge in [0, 0.05) is 36.8 Å². The monoisotopic (exact) mass is 411 g/mol. The zero-order valence-electron chi connectivity index (χ0n) is 16.8. The van der Waals surface area contributed by atoms with Gasteiger partial charge in [0.2, 0.25) is 0 Å². The normalized spacial score (nSPS) is 10.4. The van der Waals surface area contributed by atoms with Crippen LogP contribution in [0, 0.1) is 0 Å². The second-order valence-electron chi connectivity index (χ2n) is 6.47. The van der Waals surface area contributed by atoms with Gasteiger partial charge in [0.15, 0.2) is 11.5 Å². The highest BCUT2D eigenvalue weighted by atomic mass is 32.1. The van der Waals surface area contributed by atoms with E-state index in [4.69, 9.17) is 9.47 Å². The summed E-state index contributed by atoms with van der Waals surface area (Å²) in [6.45, 7) is 1.46. The Morgan fingerprint density at radius 1 is 1.10 bits per heavy atom. The van der Waals surface area contributed by atoms with E-state index >= 15 is 0 Å². The molecule has 1 N–H and O–H groups in total. The molecule has 0 saturated carbocycles. The molecule has 0 aliphatic rings. The maximum atomic E-state index is 12.4. The molecule has 0 aliphatic heterocycles. The highest BCUT2D eigenvalue weighted by Gasteiger charge is 2.13. The Morgan fingerprint density at radius 3 is 2.59 bits per heavy atom. The molecule has 152 valence electrons. The van der Waals surface area contributed by atoms with Gasteiger partial charge in [-0.3, -0.25) is 4.79 Å². The standard InChI is InChI=1S/C22H25N3O3S/c1-25(17-8-5-4-6-9-17)13-7-12-23-21(26)18-15-29-22(24-18)16-10-11-19(27-2)20(14-16)28-3/h4-6,8-11,14-15H,7,12-13H2,1-3H3,(H,23,26). The summed E-state index contributed by atoms with van der Waals surface area (Å²) in [5.74, 6) is 1.13. The number of aromatic nitrogens is 1. The summed E-state index contributed by atoms with van der Waals surface area (Å²) >= 11 is 1.43. The van der Waals surface area contributed by atoms with Crippen molar-refractivity contribution in [2.45, 2.75) is 6.42 Å². The van der Waals surface area contributed by atoms with Gasteiger partial charge in [-0.05, 0) is 36.8 Å². The summed E-state index contributed by atoms with van der Waals surface area (Å²) in [7, 11) is 5.24. The molecule has 3 aromatic rings. The van der Waals surface area contributed by atoms with Crippen molar-refractivity contribution in [1.29, 1.82) is 0 Å². The fraction of sp³-hybridized carbons (Fsp3) is 0.273. The quantitative estimate of drug-likeness (QED) is 0.538. The first-order chi connectivity index (χ1) is 14.1. The molecule has 0 spiro atoms. The van der Waals surface area contributed by atoms with Crippen LogP contribution in [0.2, 0.25) is 0 Å². The van der Waals surface area contributed by atoms with Gasteiger partial charge >= 0.3 is 0 Å². The largest absolute Gasteiger partial charge is 0.493 e. The number of nitrogens with zero attached hydrogens (tertiary/aromatic N) is 2. The lowest BCUT2D eigenvalue weighted by Crippen LogP contribution is -2.28. The van der Waals surface area contributed by atoms with Gasteiger partial charge < -0.3 is 19.7 Å². The number of rotatable bonds is 9. The maximum Gasteiger partial charge on any atom is 0.270 e. The van der Waals surface area contributed by atoms with Gasteiger partial charge in [-0.1, -0.05) is 18.2 Å². The lowest BCUT2D eigenvalue weighted by atomic mass is 10.2. The van der Waals surface area contributed by atoms with Crippen molar-refractivity contribution in [2.75, 3.05) is 39.3 Å². The van der Waals surface area contributed by atoms with E-state index in [2.05, 4.69) is 27.3 Å². The smallest absolute Gasteiger partial charge is 0.270 e. The van der Waals surface area contributed by atoms with E-state index in [0.717, 1.165) is 29.2 Å². The Balaban J connectivity index is 1.53. The number of ether oxygens (including phenoxy) is 2. The van der Waals surface area contributed by atoms with Crippen molar-refractivity contribution in [3.8, 4) is 22.1 Å². The average Bonchev–Trinajstić information content (AvgIpc) is 3.27. The lowest BCUT2D eigenvalue weighted by Gasteiger charge is -2.19. The van der Waals surface area contributed by atoms with Gasteiger partial charge in [-0.15, -0.1) is 11.3 Å². The molecule has 1 amide bonds. The first-order valence-corrected chi connectivity index (χ1v) is 10.2. The van der Waals surface area contributed by atoms with E-state index in [9.17, 15) is 4.79 Å². The Hall–Kier alpha value is -3.06. The number of carbonyl (C=O) groups is 1. The number of nitrogens with one attached hydrogen (secondary N) is 1. The van der Waals surface area contributed by atoms with Crippen molar-refractivity contribution in [1.82, 2.24) is 10.3 Å². The predicted molar refractivity (Wildman–Crippen MR) is 117 cm³/mol. The van der Waals surface area contributed by atoms with Crippen LogP contribution in [0.15, 0.2) is 53.9 Å². The molecule has 6 nitrogen and oxygen atoms in total. The lowest BCUT2D eigenvalue weighted by molar-refractivity contribution is 0.0949. The minimum absolute atomic E-state index is 0.157. The third-order valence-electron chi connectivity index (χ3n) is 4.52. The molecule has 0 bridgehead atoms. The first kappa shape index (κ1) is 20.7. The Morgan fingerprint density at radius 2 is 1.86 bits per heavy atom. The van der Waals surface area contributed by atoms with Gasteiger partial charge in [0.25, 0.3) is 5.91 Å². The van der Waals surface area contributed by atoms with Gasteiger partial charge in [-0.2, -0.15) is 0 Å². The molecular formula is C22H25N3O3S. The van der Waals surface area contributed by atoms with Crippen molar-refractivity contribution in [3.63, 3.8) is 0 Å². The SMILES string of the molecule is COc1ccc(-c2nc(C(=O)NCCCN(C)c3ccccc3)cs2)cc1OC. The van der Waals surface area contributed by atoms with Crippen LogP contribution in [0.1, 0.15) is 16.9 Å².